The molecular weight excluding hydrogens is 428 g/mol. The van der Waals surface area contributed by atoms with E-state index < -0.39 is 28.5 Å². The Bertz CT molecular complexity index is 1010. The normalized spacial score (nSPS) is 10.9. The van der Waals surface area contributed by atoms with Crippen molar-refractivity contribution in [2.75, 3.05) is 24.0 Å². The molecule has 2 aromatic rings. The molecule has 0 unspecified atom stereocenters. The van der Waals surface area contributed by atoms with Crippen LogP contribution in [0.25, 0.3) is 0 Å². The van der Waals surface area contributed by atoms with E-state index in [1.54, 1.807) is 30.3 Å². The van der Waals surface area contributed by atoms with E-state index in [2.05, 4.69) is 11.9 Å². The minimum absolute atomic E-state index is 0.0166. The highest BCUT2D eigenvalue weighted by molar-refractivity contribution is 7.92. The van der Waals surface area contributed by atoms with E-state index in [9.17, 15) is 18.0 Å². The molecule has 0 saturated carbocycles. The molecule has 30 heavy (non-hydrogen) atoms. The first kappa shape index (κ1) is 23.4. The number of ether oxygens (including phenoxy) is 1. The maximum Gasteiger partial charge on any atom is 0.340 e. The van der Waals surface area contributed by atoms with Crippen LogP contribution in [0.3, 0.4) is 0 Å². The molecule has 160 valence electrons. The maximum atomic E-state index is 13.2. The summed E-state index contributed by atoms with van der Waals surface area (Å²) >= 11 is 6.07. The van der Waals surface area contributed by atoms with Gasteiger partial charge in [-0.2, -0.15) is 0 Å². The first-order valence-corrected chi connectivity index (χ1v) is 11.0. The van der Waals surface area contributed by atoms with Gasteiger partial charge >= 0.3 is 5.97 Å². The summed E-state index contributed by atoms with van der Waals surface area (Å²) in [5, 5.41) is 2.59. The van der Waals surface area contributed by atoms with Gasteiger partial charge in [-0.25, -0.2) is 13.2 Å². The fraction of sp³-hybridized carbons (Fsp3) is 0.238. The van der Waals surface area contributed by atoms with Crippen LogP contribution in [0.1, 0.15) is 23.7 Å². The van der Waals surface area contributed by atoms with Crippen LogP contribution in [-0.4, -0.2) is 40.0 Å². The number of halogens is 1. The van der Waals surface area contributed by atoms with Crippen LogP contribution in [0.4, 0.5) is 5.69 Å². The Morgan fingerprint density at radius 2 is 1.90 bits per heavy atom. The molecular formula is C21H23ClN2O5S. The van der Waals surface area contributed by atoms with E-state index in [0.717, 1.165) is 16.8 Å². The van der Waals surface area contributed by atoms with E-state index in [-0.39, 0.29) is 22.0 Å². The summed E-state index contributed by atoms with van der Waals surface area (Å²) in [5.41, 5.74) is 0.303. The highest BCUT2D eigenvalue weighted by Gasteiger charge is 2.26. The topological polar surface area (TPSA) is 92.8 Å². The van der Waals surface area contributed by atoms with Crippen LogP contribution in [0.5, 0.6) is 0 Å². The molecule has 1 amide bonds. The summed E-state index contributed by atoms with van der Waals surface area (Å²) in [4.78, 5) is 23.9. The lowest BCUT2D eigenvalue weighted by Crippen LogP contribution is -2.31. The van der Waals surface area contributed by atoms with E-state index in [0.29, 0.717) is 12.2 Å². The number of carbonyl (C=O) groups excluding carboxylic acids is 2. The van der Waals surface area contributed by atoms with Crippen LogP contribution in [0, 0.1) is 0 Å². The Morgan fingerprint density at radius 3 is 2.53 bits per heavy atom. The summed E-state index contributed by atoms with van der Waals surface area (Å²) in [6, 6.07) is 12.3. The molecule has 0 spiro atoms. The zero-order valence-corrected chi connectivity index (χ0v) is 18.1. The van der Waals surface area contributed by atoms with Gasteiger partial charge < -0.3 is 10.1 Å². The number of rotatable bonds is 10. The van der Waals surface area contributed by atoms with E-state index >= 15 is 0 Å². The van der Waals surface area contributed by atoms with Gasteiger partial charge in [0.15, 0.2) is 6.61 Å². The molecule has 0 aliphatic rings. The van der Waals surface area contributed by atoms with Gasteiger partial charge in [0, 0.05) is 6.54 Å². The van der Waals surface area contributed by atoms with Crippen LogP contribution in [0.2, 0.25) is 5.02 Å². The van der Waals surface area contributed by atoms with Crippen LogP contribution in [0.15, 0.2) is 66.1 Å². The van der Waals surface area contributed by atoms with Gasteiger partial charge in [0.25, 0.3) is 15.9 Å². The van der Waals surface area contributed by atoms with Gasteiger partial charge in [-0.1, -0.05) is 42.8 Å². The molecule has 0 heterocycles. The van der Waals surface area contributed by atoms with Gasteiger partial charge in [0.1, 0.15) is 0 Å². The first-order chi connectivity index (χ1) is 14.3. The van der Waals surface area contributed by atoms with Crippen molar-refractivity contribution in [2.45, 2.75) is 18.2 Å². The molecule has 0 saturated heterocycles. The minimum atomic E-state index is -4.02. The Labute approximate surface area is 181 Å². The second-order valence-corrected chi connectivity index (χ2v) is 8.50. The number of carbonyl (C=O) groups is 2. The average Bonchev–Trinajstić information content (AvgIpc) is 2.74. The summed E-state index contributed by atoms with van der Waals surface area (Å²) in [5.74, 6) is -1.34. The zero-order chi connectivity index (χ0) is 22.1. The average molecular weight is 451 g/mol. The zero-order valence-electron chi connectivity index (χ0n) is 16.5. The Kier molecular flexibility index (Phi) is 8.44. The number of hydrogen-bond acceptors (Lipinski definition) is 5. The molecule has 0 fully saturated rings. The Hall–Kier alpha value is -2.84. The number of amides is 1. The van der Waals surface area contributed by atoms with Crippen LogP contribution < -0.4 is 9.62 Å². The fourth-order valence-corrected chi connectivity index (χ4v) is 4.18. The van der Waals surface area contributed by atoms with E-state index in [1.165, 1.54) is 18.2 Å². The highest BCUT2D eigenvalue weighted by atomic mass is 35.5. The number of sulfonamides is 1. The van der Waals surface area contributed by atoms with Gasteiger partial charge in [-0.3, -0.25) is 9.10 Å². The first-order valence-electron chi connectivity index (χ1n) is 9.23. The lowest BCUT2D eigenvalue weighted by atomic mass is 10.2. The van der Waals surface area contributed by atoms with E-state index in [1.807, 2.05) is 6.92 Å². The van der Waals surface area contributed by atoms with Crippen molar-refractivity contribution in [2.24, 2.45) is 0 Å². The third-order valence-corrected chi connectivity index (χ3v) is 6.11. The number of esters is 1. The molecule has 2 rings (SSSR count). The third-order valence-electron chi connectivity index (χ3n) is 3.99. The molecule has 7 nitrogen and oxygen atoms in total. The Morgan fingerprint density at radius 1 is 1.20 bits per heavy atom. The molecule has 0 atom stereocenters. The number of hydrogen-bond donors (Lipinski definition) is 1. The second kappa shape index (κ2) is 10.8. The van der Waals surface area contributed by atoms with Gasteiger partial charge in [0.2, 0.25) is 0 Å². The van der Waals surface area contributed by atoms with Gasteiger partial charge in [-0.15, -0.1) is 6.58 Å². The molecule has 9 heteroatoms. The summed E-state index contributed by atoms with van der Waals surface area (Å²) < 4.78 is 32.6. The molecule has 0 aromatic heterocycles. The lowest BCUT2D eigenvalue weighted by molar-refractivity contribution is -0.124. The highest BCUT2D eigenvalue weighted by Crippen LogP contribution is 2.27. The number of benzene rings is 2. The van der Waals surface area contributed by atoms with Crippen molar-refractivity contribution >= 4 is 39.2 Å². The van der Waals surface area contributed by atoms with Crippen molar-refractivity contribution in [1.82, 2.24) is 5.32 Å². The number of para-hydroxylation sites is 1. The molecule has 0 aliphatic heterocycles. The van der Waals surface area contributed by atoms with E-state index in [4.69, 9.17) is 16.3 Å². The smallest absolute Gasteiger partial charge is 0.340 e. The summed E-state index contributed by atoms with van der Waals surface area (Å²) in [6.07, 6.45) is 2.21. The molecule has 0 radical (unpaired) electrons. The lowest BCUT2D eigenvalue weighted by Gasteiger charge is -2.23. The maximum absolute atomic E-state index is 13.2. The van der Waals surface area contributed by atoms with Crippen molar-refractivity contribution < 1.29 is 22.7 Å². The number of nitrogens with zero attached hydrogens (tertiary/aromatic N) is 1. The molecule has 2 aromatic carbocycles. The summed E-state index contributed by atoms with van der Waals surface area (Å²) in [6.45, 7) is 5.52. The third kappa shape index (κ3) is 5.84. The molecule has 0 aliphatic carbocycles. The monoisotopic (exact) mass is 450 g/mol. The largest absolute Gasteiger partial charge is 0.452 e. The quantitative estimate of drug-likeness (QED) is 0.442. The molecule has 1 N–H and O–H groups in total. The SMILES string of the molecule is C=CCN(c1ccccc1)S(=O)(=O)c1ccc(Cl)c(C(=O)OCC(=O)NCCC)c1. The van der Waals surface area contributed by atoms with Gasteiger partial charge in [0.05, 0.1) is 27.7 Å². The minimum Gasteiger partial charge on any atom is -0.452 e. The van der Waals surface area contributed by atoms with Crippen LogP contribution >= 0.6 is 11.6 Å². The molecule has 0 bridgehead atoms. The predicted octanol–water partition coefficient (Wildman–Crippen LogP) is 3.40. The van der Waals surface area contributed by atoms with Crippen LogP contribution in [-0.2, 0) is 19.6 Å². The van der Waals surface area contributed by atoms with Crippen molar-refractivity contribution in [1.29, 1.82) is 0 Å². The second-order valence-electron chi connectivity index (χ2n) is 6.23. The Balaban J connectivity index is 2.30. The standard InChI is InChI=1S/C21H23ClN2O5S/c1-3-12-23-20(25)15-29-21(26)18-14-17(10-11-19(18)22)30(27,28)24(13-4-2)16-8-6-5-7-9-16/h4-11,14H,2-3,12-13,15H2,1H3,(H,23,25). The van der Waals surface area contributed by atoms with Crippen molar-refractivity contribution in [3.05, 3.63) is 71.8 Å². The number of nitrogens with one attached hydrogen (secondary N) is 1. The number of anilines is 1. The summed E-state index contributed by atoms with van der Waals surface area (Å²) in [7, 11) is -4.02. The van der Waals surface area contributed by atoms with Crippen molar-refractivity contribution in [3.63, 3.8) is 0 Å². The fourth-order valence-electron chi connectivity index (χ4n) is 2.53. The predicted molar refractivity (Wildman–Crippen MR) is 116 cm³/mol. The van der Waals surface area contributed by atoms with Gasteiger partial charge in [-0.05, 0) is 36.8 Å². The van der Waals surface area contributed by atoms with Crippen molar-refractivity contribution in [3.8, 4) is 0 Å².